The van der Waals surface area contributed by atoms with Gasteiger partial charge < -0.3 is 14.8 Å². The zero-order valence-electron chi connectivity index (χ0n) is 16.3. The zero-order chi connectivity index (χ0) is 21.2. The molecule has 2 fully saturated rings. The summed E-state index contributed by atoms with van der Waals surface area (Å²) in [6, 6.07) is 4.38. The van der Waals surface area contributed by atoms with Crippen LogP contribution in [0.5, 0.6) is 11.5 Å². The van der Waals surface area contributed by atoms with Crippen molar-refractivity contribution in [3.05, 3.63) is 22.2 Å². The van der Waals surface area contributed by atoms with Gasteiger partial charge in [0.25, 0.3) is 5.91 Å². The SMILES string of the molecule is CCOc1cc(C#N)cc(Br)c1OC(=O)CN1C(=O)NC2(CCCCC2C)C1=O. The number of hydrogen-bond acceptors (Lipinski definition) is 6. The molecule has 9 heteroatoms. The molecular weight excluding hydrogens is 442 g/mol. The van der Waals surface area contributed by atoms with Gasteiger partial charge in [-0.15, -0.1) is 0 Å². The van der Waals surface area contributed by atoms with E-state index >= 15 is 0 Å². The van der Waals surface area contributed by atoms with Gasteiger partial charge >= 0.3 is 12.0 Å². The molecule has 2 aliphatic rings. The lowest BCUT2D eigenvalue weighted by Crippen LogP contribution is -2.54. The Bertz CT molecular complexity index is 897. The fourth-order valence-corrected chi connectivity index (χ4v) is 4.43. The minimum atomic E-state index is -0.929. The second-order valence-corrected chi connectivity index (χ2v) is 8.10. The van der Waals surface area contributed by atoms with Crippen molar-refractivity contribution in [2.24, 2.45) is 5.92 Å². The van der Waals surface area contributed by atoms with Crippen LogP contribution in [0, 0.1) is 17.2 Å². The highest BCUT2D eigenvalue weighted by Gasteiger charge is 2.55. The standard InChI is InChI=1S/C20H22BrN3O5/c1-3-28-15-9-13(10-22)8-14(21)17(15)29-16(25)11-24-18(26)20(23-19(24)27)7-5-4-6-12(20)2/h8-9,12H,3-7,11H2,1-2H3,(H,23,27). The van der Waals surface area contributed by atoms with Gasteiger partial charge in [0.1, 0.15) is 12.1 Å². The van der Waals surface area contributed by atoms with Crippen LogP contribution in [-0.2, 0) is 9.59 Å². The molecule has 0 aromatic heterocycles. The third kappa shape index (κ3) is 3.94. The van der Waals surface area contributed by atoms with Crippen molar-refractivity contribution in [2.45, 2.75) is 45.1 Å². The van der Waals surface area contributed by atoms with E-state index in [0.717, 1.165) is 24.2 Å². The number of amides is 3. The summed E-state index contributed by atoms with van der Waals surface area (Å²) < 4.78 is 11.2. The summed E-state index contributed by atoms with van der Waals surface area (Å²) in [6.45, 7) is 3.51. The smallest absolute Gasteiger partial charge is 0.331 e. The van der Waals surface area contributed by atoms with Crippen LogP contribution < -0.4 is 14.8 Å². The molecule has 1 aromatic rings. The van der Waals surface area contributed by atoms with Gasteiger partial charge in [0.15, 0.2) is 11.5 Å². The predicted octanol–water partition coefficient (Wildman–Crippen LogP) is 3.13. The molecule has 3 amide bonds. The fourth-order valence-electron chi connectivity index (χ4n) is 3.91. The number of carbonyl (C=O) groups excluding carboxylic acids is 3. The second-order valence-electron chi connectivity index (χ2n) is 7.24. The molecule has 8 nitrogen and oxygen atoms in total. The van der Waals surface area contributed by atoms with Crippen molar-refractivity contribution in [1.82, 2.24) is 10.2 Å². The van der Waals surface area contributed by atoms with Gasteiger partial charge in [0, 0.05) is 6.07 Å². The van der Waals surface area contributed by atoms with Crippen molar-refractivity contribution < 1.29 is 23.9 Å². The number of ether oxygens (including phenoxy) is 2. The van der Waals surface area contributed by atoms with Crippen LogP contribution in [-0.4, -0.2) is 41.5 Å². The molecule has 0 bridgehead atoms. The summed E-state index contributed by atoms with van der Waals surface area (Å²) in [5, 5.41) is 11.9. The van der Waals surface area contributed by atoms with Gasteiger partial charge in [-0.25, -0.2) is 9.59 Å². The van der Waals surface area contributed by atoms with Crippen molar-refractivity contribution in [1.29, 1.82) is 5.26 Å². The number of carbonyl (C=O) groups is 3. The third-order valence-corrected chi connectivity index (χ3v) is 6.03. The Balaban J connectivity index is 1.77. The third-order valence-electron chi connectivity index (χ3n) is 5.44. The van der Waals surface area contributed by atoms with Crippen LogP contribution in [0.2, 0.25) is 0 Å². The number of esters is 1. The number of nitrogens with one attached hydrogen (secondary N) is 1. The first-order valence-corrected chi connectivity index (χ1v) is 10.3. The molecule has 1 aromatic carbocycles. The zero-order valence-corrected chi connectivity index (χ0v) is 17.9. The first-order valence-electron chi connectivity index (χ1n) is 9.53. The summed E-state index contributed by atoms with van der Waals surface area (Å²) >= 11 is 3.27. The highest BCUT2D eigenvalue weighted by atomic mass is 79.9. The molecule has 0 radical (unpaired) electrons. The molecule has 1 aliphatic heterocycles. The number of hydrogen-bond donors (Lipinski definition) is 1. The molecule has 3 rings (SSSR count). The maximum Gasteiger partial charge on any atom is 0.331 e. The van der Waals surface area contributed by atoms with Gasteiger partial charge in [0.2, 0.25) is 0 Å². The van der Waals surface area contributed by atoms with E-state index in [4.69, 9.17) is 14.7 Å². The Morgan fingerprint density at radius 3 is 2.83 bits per heavy atom. The van der Waals surface area contributed by atoms with Crippen LogP contribution in [0.4, 0.5) is 4.79 Å². The summed E-state index contributed by atoms with van der Waals surface area (Å²) in [5.41, 5.74) is -0.594. The molecule has 1 N–H and O–H groups in total. The molecule has 1 aliphatic carbocycles. The van der Waals surface area contributed by atoms with Gasteiger partial charge in [0.05, 0.1) is 22.7 Å². The van der Waals surface area contributed by atoms with E-state index in [0.29, 0.717) is 23.1 Å². The average molecular weight is 464 g/mol. The summed E-state index contributed by atoms with van der Waals surface area (Å²) in [4.78, 5) is 38.9. The molecular formula is C20H22BrN3O5. The van der Waals surface area contributed by atoms with Gasteiger partial charge in [-0.3, -0.25) is 9.69 Å². The average Bonchev–Trinajstić information content (AvgIpc) is 2.91. The Morgan fingerprint density at radius 2 is 2.17 bits per heavy atom. The summed E-state index contributed by atoms with van der Waals surface area (Å²) in [5.74, 6) is -0.827. The number of nitrogens with zero attached hydrogens (tertiary/aromatic N) is 2. The molecule has 2 atom stereocenters. The first-order chi connectivity index (χ1) is 13.8. The summed E-state index contributed by atoms with van der Waals surface area (Å²) in [6.07, 6.45) is 3.28. The highest BCUT2D eigenvalue weighted by Crippen LogP contribution is 2.39. The number of nitriles is 1. The molecule has 2 unspecified atom stereocenters. The van der Waals surface area contributed by atoms with Crippen molar-refractivity contribution in [3.63, 3.8) is 0 Å². The predicted molar refractivity (Wildman–Crippen MR) is 106 cm³/mol. The van der Waals surface area contributed by atoms with E-state index in [-0.39, 0.29) is 23.3 Å². The Kier molecular flexibility index (Phi) is 6.13. The molecule has 1 saturated carbocycles. The van der Waals surface area contributed by atoms with E-state index in [9.17, 15) is 14.4 Å². The number of urea groups is 1. The van der Waals surface area contributed by atoms with E-state index in [1.165, 1.54) is 12.1 Å². The first kappa shape index (κ1) is 21.1. The van der Waals surface area contributed by atoms with E-state index < -0.39 is 24.1 Å². The summed E-state index contributed by atoms with van der Waals surface area (Å²) in [7, 11) is 0. The minimum absolute atomic E-state index is 0.00551. The molecule has 1 saturated heterocycles. The largest absolute Gasteiger partial charge is 0.490 e. The lowest BCUT2D eigenvalue weighted by atomic mass is 9.73. The molecule has 1 heterocycles. The Labute approximate surface area is 177 Å². The Morgan fingerprint density at radius 1 is 1.41 bits per heavy atom. The normalized spacial score (nSPS) is 23.7. The number of imide groups is 1. The quantitative estimate of drug-likeness (QED) is 0.408. The van der Waals surface area contributed by atoms with Gasteiger partial charge in [-0.1, -0.05) is 19.8 Å². The number of benzene rings is 1. The molecule has 29 heavy (non-hydrogen) atoms. The fraction of sp³-hybridized carbons (Fsp3) is 0.500. The molecule has 1 spiro atoms. The molecule has 154 valence electrons. The van der Waals surface area contributed by atoms with Crippen LogP contribution in [0.15, 0.2) is 16.6 Å². The maximum absolute atomic E-state index is 13.0. The van der Waals surface area contributed by atoms with Gasteiger partial charge in [-0.2, -0.15) is 5.26 Å². The monoisotopic (exact) mass is 463 g/mol. The van der Waals surface area contributed by atoms with Crippen molar-refractivity contribution in [2.75, 3.05) is 13.2 Å². The van der Waals surface area contributed by atoms with Crippen molar-refractivity contribution in [3.8, 4) is 17.6 Å². The lowest BCUT2D eigenvalue weighted by molar-refractivity contribution is -0.142. The van der Waals surface area contributed by atoms with Crippen molar-refractivity contribution >= 4 is 33.8 Å². The van der Waals surface area contributed by atoms with Crippen LogP contribution in [0.1, 0.15) is 45.1 Å². The minimum Gasteiger partial charge on any atom is -0.490 e. The lowest BCUT2D eigenvalue weighted by Gasteiger charge is -2.36. The second kappa shape index (κ2) is 8.41. The maximum atomic E-state index is 13.0. The van der Waals surface area contributed by atoms with Gasteiger partial charge in [-0.05, 0) is 47.7 Å². The number of halogens is 1. The van der Waals surface area contributed by atoms with E-state index in [1.54, 1.807) is 6.92 Å². The Hall–Kier alpha value is -2.60. The van der Waals surface area contributed by atoms with Crippen LogP contribution >= 0.6 is 15.9 Å². The highest BCUT2D eigenvalue weighted by molar-refractivity contribution is 9.10. The van der Waals surface area contributed by atoms with Crippen LogP contribution in [0.25, 0.3) is 0 Å². The van der Waals surface area contributed by atoms with E-state index in [1.807, 2.05) is 13.0 Å². The number of rotatable bonds is 5. The topological polar surface area (TPSA) is 109 Å². The van der Waals surface area contributed by atoms with E-state index in [2.05, 4.69) is 21.2 Å². The van der Waals surface area contributed by atoms with Crippen LogP contribution in [0.3, 0.4) is 0 Å².